The zero-order valence-corrected chi connectivity index (χ0v) is 15.5. The number of carbonyl (C=O) groups excluding carboxylic acids is 1. The molecule has 0 radical (unpaired) electrons. The lowest BCUT2D eigenvalue weighted by atomic mass is 9.96. The van der Waals surface area contributed by atoms with Crippen LogP contribution in [0.2, 0.25) is 0 Å². The number of rotatable bonds is 7. The average Bonchev–Trinajstić information content (AvgIpc) is 3.06. The Morgan fingerprint density at radius 3 is 2.48 bits per heavy atom. The average molecular weight is 346 g/mol. The van der Waals surface area contributed by atoms with Crippen molar-refractivity contribution in [2.45, 2.75) is 59.0 Å². The molecule has 25 heavy (non-hydrogen) atoms. The van der Waals surface area contributed by atoms with Crippen molar-refractivity contribution in [2.24, 2.45) is 0 Å². The predicted octanol–water partition coefficient (Wildman–Crippen LogP) is 4.46. The fraction of sp³-hybridized carbons (Fsp3) is 0.526. The number of hydrogen-bond acceptors (Lipinski definition) is 6. The molecule has 2 aromatic rings. The van der Waals surface area contributed by atoms with E-state index < -0.39 is 12.1 Å². The minimum atomic E-state index is -0.614. The van der Waals surface area contributed by atoms with Crippen molar-refractivity contribution in [3.8, 4) is 5.75 Å². The highest BCUT2D eigenvalue weighted by Crippen LogP contribution is 2.23. The van der Waals surface area contributed by atoms with Gasteiger partial charge in [-0.1, -0.05) is 39.3 Å². The maximum absolute atomic E-state index is 12.3. The normalized spacial score (nSPS) is 12.7. The molecule has 1 aromatic heterocycles. The molecule has 0 aliphatic heterocycles. The molecule has 2 rings (SSSR count). The first kappa shape index (κ1) is 19.0. The van der Waals surface area contributed by atoms with Gasteiger partial charge in [-0.05, 0) is 37.6 Å². The molecule has 6 nitrogen and oxygen atoms in total. The Morgan fingerprint density at radius 2 is 1.92 bits per heavy atom. The van der Waals surface area contributed by atoms with Gasteiger partial charge in [-0.25, -0.2) is 4.79 Å². The number of unbranched alkanes of at least 4 members (excludes halogenated alkanes) is 1. The van der Waals surface area contributed by atoms with E-state index in [4.69, 9.17) is 14.0 Å². The quantitative estimate of drug-likeness (QED) is 0.544. The van der Waals surface area contributed by atoms with Crippen LogP contribution in [-0.4, -0.2) is 22.7 Å². The van der Waals surface area contributed by atoms with Crippen LogP contribution in [0.25, 0.3) is 0 Å². The van der Waals surface area contributed by atoms with Gasteiger partial charge in [0.25, 0.3) is 5.89 Å². The van der Waals surface area contributed by atoms with E-state index in [1.54, 1.807) is 31.2 Å². The Hall–Kier alpha value is -2.37. The number of carbonyl (C=O) groups is 1. The summed E-state index contributed by atoms with van der Waals surface area (Å²) in [5.41, 5.74) is 0.226. The summed E-state index contributed by atoms with van der Waals surface area (Å²) in [4.78, 5) is 16.6. The Balaban J connectivity index is 1.95. The third-order valence-electron chi connectivity index (χ3n) is 3.60. The van der Waals surface area contributed by atoms with Crippen LogP contribution in [0.15, 0.2) is 28.8 Å². The van der Waals surface area contributed by atoms with E-state index in [1.165, 1.54) is 0 Å². The standard InChI is InChI=1S/C19H26N2O4/c1-6-7-12-23-15-10-8-14(9-11-15)17(22)24-13(2)16-20-18(21-25-16)19(3,4)5/h8-11,13H,6-7,12H2,1-5H3. The van der Waals surface area contributed by atoms with Gasteiger partial charge in [-0.3, -0.25) is 0 Å². The zero-order chi connectivity index (χ0) is 18.4. The molecule has 1 aromatic carbocycles. The minimum absolute atomic E-state index is 0.223. The molecule has 0 amide bonds. The summed E-state index contributed by atoms with van der Waals surface area (Å²) in [6, 6.07) is 6.90. The van der Waals surface area contributed by atoms with Gasteiger partial charge >= 0.3 is 5.97 Å². The van der Waals surface area contributed by atoms with Gasteiger partial charge in [0.15, 0.2) is 11.9 Å². The monoisotopic (exact) mass is 346 g/mol. The van der Waals surface area contributed by atoms with E-state index in [1.807, 2.05) is 20.8 Å². The van der Waals surface area contributed by atoms with Crippen molar-refractivity contribution >= 4 is 5.97 Å². The van der Waals surface area contributed by atoms with Crippen LogP contribution < -0.4 is 4.74 Å². The third-order valence-corrected chi connectivity index (χ3v) is 3.60. The first-order chi connectivity index (χ1) is 11.8. The lowest BCUT2D eigenvalue weighted by molar-refractivity contribution is 0.0265. The molecule has 0 fully saturated rings. The van der Waals surface area contributed by atoms with Crippen molar-refractivity contribution in [2.75, 3.05) is 6.61 Å². The summed E-state index contributed by atoms with van der Waals surface area (Å²) in [6.45, 7) is 10.5. The second kappa shape index (κ2) is 8.14. The van der Waals surface area contributed by atoms with Crippen LogP contribution >= 0.6 is 0 Å². The highest BCUT2D eigenvalue weighted by Gasteiger charge is 2.25. The van der Waals surface area contributed by atoms with E-state index in [9.17, 15) is 4.79 Å². The van der Waals surface area contributed by atoms with Crippen molar-refractivity contribution in [1.29, 1.82) is 0 Å². The first-order valence-corrected chi connectivity index (χ1v) is 8.59. The van der Waals surface area contributed by atoms with E-state index in [0.29, 0.717) is 18.0 Å². The smallest absolute Gasteiger partial charge is 0.338 e. The fourth-order valence-electron chi connectivity index (χ4n) is 2.01. The van der Waals surface area contributed by atoms with Crippen LogP contribution in [0.4, 0.5) is 0 Å². The molecule has 136 valence electrons. The predicted molar refractivity (Wildman–Crippen MR) is 93.7 cm³/mol. The van der Waals surface area contributed by atoms with Crippen LogP contribution in [-0.2, 0) is 10.2 Å². The van der Waals surface area contributed by atoms with E-state index >= 15 is 0 Å². The van der Waals surface area contributed by atoms with Crippen LogP contribution in [0.5, 0.6) is 5.75 Å². The third kappa shape index (κ3) is 5.31. The van der Waals surface area contributed by atoms with Crippen LogP contribution in [0, 0.1) is 0 Å². The Kier molecular flexibility index (Phi) is 6.17. The topological polar surface area (TPSA) is 74.5 Å². The van der Waals surface area contributed by atoms with Gasteiger partial charge in [0, 0.05) is 5.41 Å². The van der Waals surface area contributed by atoms with Crippen LogP contribution in [0.3, 0.4) is 0 Å². The summed E-state index contributed by atoms with van der Waals surface area (Å²) in [6.07, 6.45) is 1.47. The Bertz CT molecular complexity index is 686. The Labute approximate surface area is 148 Å². The fourth-order valence-corrected chi connectivity index (χ4v) is 2.01. The van der Waals surface area contributed by atoms with E-state index in [-0.39, 0.29) is 11.3 Å². The lowest BCUT2D eigenvalue weighted by Gasteiger charge is -2.12. The first-order valence-electron chi connectivity index (χ1n) is 8.59. The summed E-state index contributed by atoms with van der Waals surface area (Å²) in [5, 5.41) is 3.94. The molecular weight excluding hydrogens is 320 g/mol. The largest absolute Gasteiger partial charge is 0.494 e. The van der Waals surface area contributed by atoms with Crippen molar-refractivity contribution in [1.82, 2.24) is 10.1 Å². The molecule has 0 saturated heterocycles. The number of esters is 1. The van der Waals surface area contributed by atoms with Crippen molar-refractivity contribution < 1.29 is 18.8 Å². The van der Waals surface area contributed by atoms with Crippen molar-refractivity contribution in [3.05, 3.63) is 41.5 Å². The number of aromatic nitrogens is 2. The molecule has 6 heteroatoms. The molecule has 0 bridgehead atoms. The van der Waals surface area contributed by atoms with E-state index in [0.717, 1.165) is 18.6 Å². The van der Waals surface area contributed by atoms with Gasteiger partial charge in [-0.15, -0.1) is 0 Å². The molecule has 0 N–H and O–H groups in total. The van der Waals surface area contributed by atoms with Gasteiger partial charge in [0.05, 0.1) is 12.2 Å². The van der Waals surface area contributed by atoms with Gasteiger partial charge < -0.3 is 14.0 Å². The maximum Gasteiger partial charge on any atom is 0.338 e. The highest BCUT2D eigenvalue weighted by molar-refractivity contribution is 5.89. The second-order valence-corrected chi connectivity index (χ2v) is 6.98. The number of nitrogens with zero attached hydrogens (tertiary/aromatic N) is 2. The number of benzene rings is 1. The lowest BCUT2D eigenvalue weighted by Crippen LogP contribution is -2.14. The van der Waals surface area contributed by atoms with Gasteiger partial charge in [-0.2, -0.15) is 4.98 Å². The summed E-state index contributed by atoms with van der Waals surface area (Å²) < 4.78 is 16.2. The number of hydrogen-bond donors (Lipinski definition) is 0. The van der Waals surface area contributed by atoms with Gasteiger partial charge in [0.2, 0.25) is 0 Å². The molecule has 0 aliphatic carbocycles. The summed E-state index contributed by atoms with van der Waals surface area (Å²) >= 11 is 0. The van der Waals surface area contributed by atoms with E-state index in [2.05, 4.69) is 17.1 Å². The second-order valence-electron chi connectivity index (χ2n) is 6.98. The van der Waals surface area contributed by atoms with Crippen molar-refractivity contribution in [3.63, 3.8) is 0 Å². The number of ether oxygens (including phenoxy) is 2. The SMILES string of the molecule is CCCCOc1ccc(C(=O)OC(C)c2nc(C(C)(C)C)no2)cc1. The molecule has 0 saturated carbocycles. The molecule has 1 atom stereocenters. The maximum atomic E-state index is 12.3. The molecular formula is C19H26N2O4. The molecule has 0 aliphatic rings. The Morgan fingerprint density at radius 1 is 1.24 bits per heavy atom. The highest BCUT2D eigenvalue weighted by atomic mass is 16.6. The van der Waals surface area contributed by atoms with Gasteiger partial charge in [0.1, 0.15) is 5.75 Å². The molecule has 1 unspecified atom stereocenters. The summed E-state index contributed by atoms with van der Waals surface area (Å²) in [7, 11) is 0. The summed E-state index contributed by atoms with van der Waals surface area (Å²) in [5.74, 6) is 1.17. The zero-order valence-electron chi connectivity index (χ0n) is 15.5. The minimum Gasteiger partial charge on any atom is -0.494 e. The van der Waals surface area contributed by atoms with Crippen LogP contribution in [0.1, 0.15) is 75.6 Å². The molecule has 0 spiro atoms. The molecule has 1 heterocycles.